The van der Waals surface area contributed by atoms with Crippen molar-refractivity contribution in [1.82, 2.24) is 10.1 Å². The van der Waals surface area contributed by atoms with E-state index in [1.165, 1.54) is 25.7 Å². The predicted octanol–water partition coefficient (Wildman–Crippen LogP) is 4.52. The highest BCUT2D eigenvalue weighted by molar-refractivity contribution is 9.10. The number of anilines is 1. The van der Waals surface area contributed by atoms with Crippen LogP contribution in [0.15, 0.2) is 27.2 Å². The first-order valence-corrected chi connectivity index (χ1v) is 7.93. The Kier molecular flexibility index (Phi) is 4.05. The molecule has 1 aromatic heterocycles. The second kappa shape index (κ2) is 5.95. The van der Waals surface area contributed by atoms with Crippen LogP contribution in [0, 0.1) is 0 Å². The summed E-state index contributed by atoms with van der Waals surface area (Å²) in [5.41, 5.74) is 7.49. The number of benzene rings is 1. The Hall–Kier alpha value is -1.36. The molecule has 2 aromatic rings. The quantitative estimate of drug-likeness (QED) is 0.647. The molecule has 1 heterocycles. The number of nitrogens with two attached hydrogens (primary N) is 1. The number of nitrogens with zero attached hydrogens (tertiary/aromatic N) is 2. The van der Waals surface area contributed by atoms with Crippen molar-refractivity contribution in [3.05, 3.63) is 28.5 Å². The van der Waals surface area contributed by atoms with E-state index in [0.29, 0.717) is 17.5 Å². The second-order valence-electron chi connectivity index (χ2n) is 5.35. The molecule has 0 aliphatic heterocycles. The molecule has 4 nitrogen and oxygen atoms in total. The van der Waals surface area contributed by atoms with E-state index in [-0.39, 0.29) is 0 Å². The molecule has 0 bridgehead atoms. The molecule has 0 amide bonds. The van der Waals surface area contributed by atoms with E-state index in [2.05, 4.69) is 26.1 Å². The fourth-order valence-corrected chi connectivity index (χ4v) is 3.14. The molecule has 20 heavy (non-hydrogen) atoms. The topological polar surface area (TPSA) is 64.9 Å². The van der Waals surface area contributed by atoms with E-state index in [9.17, 15) is 0 Å². The number of hydrogen-bond donors (Lipinski definition) is 1. The number of nitrogen functional groups attached to an aromatic ring is 1. The van der Waals surface area contributed by atoms with Gasteiger partial charge in [-0.3, -0.25) is 0 Å². The van der Waals surface area contributed by atoms with Crippen molar-refractivity contribution in [2.24, 2.45) is 0 Å². The van der Waals surface area contributed by atoms with Gasteiger partial charge in [0, 0.05) is 10.4 Å². The largest absolute Gasteiger partial charge is 0.397 e. The molecule has 1 aliphatic carbocycles. The average Bonchev–Trinajstić information content (AvgIpc) is 2.77. The summed E-state index contributed by atoms with van der Waals surface area (Å²) in [5.74, 6) is 1.78. The van der Waals surface area contributed by atoms with Crippen LogP contribution in [0.2, 0.25) is 0 Å². The molecule has 0 radical (unpaired) electrons. The molecular formula is C15H18BrN3O. The Bertz CT molecular complexity index is 589. The Morgan fingerprint density at radius 3 is 2.65 bits per heavy atom. The number of rotatable bonds is 2. The van der Waals surface area contributed by atoms with Crippen molar-refractivity contribution in [1.29, 1.82) is 0 Å². The zero-order valence-electron chi connectivity index (χ0n) is 11.3. The van der Waals surface area contributed by atoms with Gasteiger partial charge in [0.1, 0.15) is 0 Å². The van der Waals surface area contributed by atoms with Crippen LogP contribution in [0.4, 0.5) is 5.69 Å². The van der Waals surface area contributed by atoms with Crippen LogP contribution < -0.4 is 5.73 Å². The van der Waals surface area contributed by atoms with Gasteiger partial charge >= 0.3 is 0 Å². The molecule has 5 heteroatoms. The lowest BCUT2D eigenvalue weighted by molar-refractivity contribution is 0.410. The lowest BCUT2D eigenvalue weighted by Crippen LogP contribution is -1.99. The highest BCUT2D eigenvalue weighted by atomic mass is 79.9. The van der Waals surface area contributed by atoms with Gasteiger partial charge in [-0.25, -0.2) is 0 Å². The summed E-state index contributed by atoms with van der Waals surface area (Å²) in [4.78, 5) is 4.57. The highest BCUT2D eigenvalue weighted by Crippen LogP contribution is 2.34. The maximum Gasteiger partial charge on any atom is 0.260 e. The monoisotopic (exact) mass is 335 g/mol. The van der Waals surface area contributed by atoms with Crippen molar-refractivity contribution < 1.29 is 4.52 Å². The van der Waals surface area contributed by atoms with Crippen molar-refractivity contribution in [2.45, 2.75) is 44.4 Å². The first-order chi connectivity index (χ1) is 9.75. The molecule has 1 saturated carbocycles. The van der Waals surface area contributed by atoms with E-state index in [4.69, 9.17) is 10.3 Å². The highest BCUT2D eigenvalue weighted by Gasteiger charge is 2.21. The van der Waals surface area contributed by atoms with Crippen LogP contribution in [0.5, 0.6) is 0 Å². The minimum Gasteiger partial charge on any atom is -0.397 e. The Morgan fingerprint density at radius 2 is 1.90 bits per heavy atom. The van der Waals surface area contributed by atoms with E-state index < -0.39 is 0 Å². The molecule has 1 fully saturated rings. The summed E-state index contributed by atoms with van der Waals surface area (Å²) in [6, 6.07) is 5.73. The maximum atomic E-state index is 6.05. The zero-order valence-corrected chi connectivity index (χ0v) is 12.9. The van der Waals surface area contributed by atoms with Crippen molar-refractivity contribution in [3.8, 4) is 11.5 Å². The van der Waals surface area contributed by atoms with Crippen molar-refractivity contribution in [3.63, 3.8) is 0 Å². The standard InChI is InChI=1S/C15H18BrN3O/c16-12-9-5-8-11(13(12)17)15-18-14(19-20-15)10-6-3-1-2-4-7-10/h5,8-10H,1-4,6-7,17H2. The Morgan fingerprint density at radius 1 is 1.15 bits per heavy atom. The van der Waals surface area contributed by atoms with Gasteiger partial charge in [-0.1, -0.05) is 36.9 Å². The first kappa shape index (κ1) is 13.6. The van der Waals surface area contributed by atoms with Gasteiger partial charge in [-0.05, 0) is 40.9 Å². The average molecular weight is 336 g/mol. The predicted molar refractivity (Wildman–Crippen MR) is 82.3 cm³/mol. The molecule has 1 aliphatic rings. The SMILES string of the molecule is Nc1c(Br)cccc1-c1nc(C2CCCCCC2)no1. The van der Waals surface area contributed by atoms with Gasteiger partial charge in [0.05, 0.1) is 11.3 Å². The molecule has 2 N–H and O–H groups in total. The number of para-hydroxylation sites is 1. The van der Waals surface area contributed by atoms with Crippen LogP contribution in [0.3, 0.4) is 0 Å². The van der Waals surface area contributed by atoms with Crippen molar-refractivity contribution in [2.75, 3.05) is 5.73 Å². The van der Waals surface area contributed by atoms with Crippen molar-refractivity contribution >= 4 is 21.6 Å². The molecule has 0 atom stereocenters. The van der Waals surface area contributed by atoms with Crippen LogP contribution in [-0.4, -0.2) is 10.1 Å². The fourth-order valence-electron chi connectivity index (χ4n) is 2.77. The van der Waals surface area contributed by atoms with Crippen LogP contribution in [-0.2, 0) is 0 Å². The Balaban J connectivity index is 1.87. The van der Waals surface area contributed by atoms with Gasteiger partial charge in [0.25, 0.3) is 5.89 Å². The molecule has 3 rings (SSSR count). The minimum atomic E-state index is 0.434. The van der Waals surface area contributed by atoms with Gasteiger partial charge in [-0.15, -0.1) is 0 Å². The molecule has 106 valence electrons. The normalized spacial score (nSPS) is 17.1. The molecular weight excluding hydrogens is 318 g/mol. The third-order valence-corrected chi connectivity index (χ3v) is 4.64. The molecule has 0 unspecified atom stereocenters. The van der Waals surface area contributed by atoms with Crippen LogP contribution in [0.25, 0.3) is 11.5 Å². The van der Waals surface area contributed by atoms with Gasteiger partial charge in [-0.2, -0.15) is 4.98 Å². The van der Waals surface area contributed by atoms with Crippen LogP contribution in [0.1, 0.15) is 50.3 Å². The third-order valence-electron chi connectivity index (χ3n) is 3.95. The minimum absolute atomic E-state index is 0.434. The summed E-state index contributed by atoms with van der Waals surface area (Å²) >= 11 is 3.42. The van der Waals surface area contributed by atoms with E-state index >= 15 is 0 Å². The summed E-state index contributed by atoms with van der Waals surface area (Å²) in [6.45, 7) is 0. The smallest absolute Gasteiger partial charge is 0.260 e. The lowest BCUT2D eigenvalue weighted by Gasteiger charge is -2.07. The second-order valence-corrected chi connectivity index (χ2v) is 6.20. The van der Waals surface area contributed by atoms with E-state index in [1.54, 1.807) is 0 Å². The number of aromatic nitrogens is 2. The van der Waals surface area contributed by atoms with Gasteiger partial charge < -0.3 is 10.3 Å². The zero-order chi connectivity index (χ0) is 13.9. The number of halogens is 1. The molecule has 0 spiro atoms. The molecule has 1 aromatic carbocycles. The third kappa shape index (κ3) is 2.73. The van der Waals surface area contributed by atoms with Gasteiger partial charge in [0.2, 0.25) is 0 Å². The number of hydrogen-bond acceptors (Lipinski definition) is 4. The van der Waals surface area contributed by atoms with Gasteiger partial charge in [0.15, 0.2) is 5.82 Å². The van der Waals surface area contributed by atoms with E-state index in [0.717, 1.165) is 28.7 Å². The van der Waals surface area contributed by atoms with E-state index in [1.807, 2.05) is 18.2 Å². The first-order valence-electron chi connectivity index (χ1n) is 7.13. The fraction of sp³-hybridized carbons (Fsp3) is 0.467. The maximum absolute atomic E-state index is 6.05. The summed E-state index contributed by atoms with van der Waals surface area (Å²) in [5, 5.41) is 4.17. The molecule has 0 saturated heterocycles. The summed E-state index contributed by atoms with van der Waals surface area (Å²) < 4.78 is 6.27. The van der Waals surface area contributed by atoms with Crippen LogP contribution >= 0.6 is 15.9 Å². The summed E-state index contributed by atoms with van der Waals surface area (Å²) in [6.07, 6.45) is 7.47. The summed E-state index contributed by atoms with van der Waals surface area (Å²) in [7, 11) is 0. The lowest BCUT2D eigenvalue weighted by atomic mass is 10.00. The Labute approximate surface area is 126 Å².